The highest BCUT2D eigenvalue weighted by Gasteiger charge is 2.39. The summed E-state index contributed by atoms with van der Waals surface area (Å²) >= 11 is 6.17. The van der Waals surface area contributed by atoms with Crippen LogP contribution in [-0.2, 0) is 10.2 Å². The third kappa shape index (κ3) is 3.93. The van der Waals surface area contributed by atoms with Crippen molar-refractivity contribution >= 4 is 23.4 Å². The van der Waals surface area contributed by atoms with Gasteiger partial charge in [-0.05, 0) is 75.8 Å². The van der Waals surface area contributed by atoms with Gasteiger partial charge in [0.25, 0.3) is 0 Å². The summed E-state index contributed by atoms with van der Waals surface area (Å²) in [7, 11) is 0. The van der Waals surface area contributed by atoms with Gasteiger partial charge in [0.1, 0.15) is 5.60 Å². The molecular weight excluding hydrogens is 300 g/mol. The molecule has 1 aromatic rings. The first-order chi connectivity index (χ1) is 10.3. The molecule has 1 fully saturated rings. The smallest absolute Gasteiger partial charge is 0.412 e. The second-order valence-corrected chi connectivity index (χ2v) is 7.43. The summed E-state index contributed by atoms with van der Waals surface area (Å²) in [5.74, 6) is 0. The normalized spacial score (nSPS) is 16.8. The topological polar surface area (TPSA) is 64.3 Å². The molecular formula is C17H25ClN2O2. The van der Waals surface area contributed by atoms with Crippen molar-refractivity contribution in [2.24, 2.45) is 5.73 Å². The number of halogens is 1. The van der Waals surface area contributed by atoms with E-state index in [1.807, 2.05) is 32.9 Å². The summed E-state index contributed by atoms with van der Waals surface area (Å²) < 4.78 is 5.34. The van der Waals surface area contributed by atoms with Gasteiger partial charge in [0, 0.05) is 10.7 Å². The average Bonchev–Trinajstić information content (AvgIpc) is 2.34. The second-order valence-electron chi connectivity index (χ2n) is 6.99. The van der Waals surface area contributed by atoms with Gasteiger partial charge in [0.05, 0.1) is 0 Å². The lowest BCUT2D eigenvalue weighted by Crippen LogP contribution is -2.37. The summed E-state index contributed by atoms with van der Waals surface area (Å²) in [6, 6.07) is 5.58. The van der Waals surface area contributed by atoms with Crippen molar-refractivity contribution < 1.29 is 9.53 Å². The number of rotatable bonds is 4. The third-order valence-corrected chi connectivity index (χ3v) is 4.36. The lowest BCUT2D eigenvalue weighted by molar-refractivity contribution is 0.0635. The number of nitrogens with one attached hydrogen (secondary N) is 1. The molecule has 4 nitrogen and oxygen atoms in total. The van der Waals surface area contributed by atoms with E-state index in [0.717, 1.165) is 30.5 Å². The predicted molar refractivity (Wildman–Crippen MR) is 90.5 cm³/mol. The molecule has 0 bridgehead atoms. The Hall–Kier alpha value is -1.26. The van der Waals surface area contributed by atoms with E-state index in [4.69, 9.17) is 22.1 Å². The van der Waals surface area contributed by atoms with E-state index in [0.29, 0.717) is 11.6 Å². The van der Waals surface area contributed by atoms with Crippen LogP contribution in [0, 0.1) is 0 Å². The first kappa shape index (κ1) is 17.1. The van der Waals surface area contributed by atoms with Crippen molar-refractivity contribution in [3.63, 3.8) is 0 Å². The average molecular weight is 325 g/mol. The van der Waals surface area contributed by atoms with Crippen molar-refractivity contribution in [2.45, 2.75) is 57.5 Å². The van der Waals surface area contributed by atoms with E-state index in [-0.39, 0.29) is 5.41 Å². The Kier molecular flexibility index (Phi) is 5.03. The fourth-order valence-corrected chi connectivity index (χ4v) is 3.18. The van der Waals surface area contributed by atoms with E-state index in [9.17, 15) is 4.79 Å². The molecule has 0 heterocycles. The quantitative estimate of drug-likeness (QED) is 0.859. The maximum absolute atomic E-state index is 12.1. The van der Waals surface area contributed by atoms with Crippen LogP contribution < -0.4 is 11.1 Å². The Morgan fingerprint density at radius 2 is 2.09 bits per heavy atom. The molecule has 0 aromatic heterocycles. The molecule has 5 heteroatoms. The van der Waals surface area contributed by atoms with Crippen molar-refractivity contribution in [3.05, 3.63) is 28.8 Å². The molecule has 1 aliphatic rings. The fraction of sp³-hybridized carbons (Fsp3) is 0.588. The summed E-state index contributed by atoms with van der Waals surface area (Å²) in [6.45, 7) is 6.16. The zero-order valence-electron chi connectivity index (χ0n) is 13.5. The second kappa shape index (κ2) is 6.47. The molecule has 1 aliphatic carbocycles. The van der Waals surface area contributed by atoms with Crippen LogP contribution >= 0.6 is 11.6 Å². The fourth-order valence-electron chi connectivity index (χ4n) is 3.01. The molecule has 2 rings (SSSR count). The molecule has 3 N–H and O–H groups in total. The molecule has 0 aliphatic heterocycles. The van der Waals surface area contributed by atoms with Crippen molar-refractivity contribution in [1.82, 2.24) is 0 Å². The van der Waals surface area contributed by atoms with Crippen molar-refractivity contribution in [3.8, 4) is 0 Å². The van der Waals surface area contributed by atoms with Gasteiger partial charge in [-0.15, -0.1) is 0 Å². The van der Waals surface area contributed by atoms with Crippen LogP contribution in [0.3, 0.4) is 0 Å². The molecule has 0 radical (unpaired) electrons. The summed E-state index contributed by atoms with van der Waals surface area (Å²) in [4.78, 5) is 12.1. The largest absolute Gasteiger partial charge is 0.444 e. The Morgan fingerprint density at radius 1 is 1.41 bits per heavy atom. The summed E-state index contributed by atoms with van der Waals surface area (Å²) in [5.41, 5.74) is 7.14. The van der Waals surface area contributed by atoms with Crippen LogP contribution in [0.2, 0.25) is 5.02 Å². The highest BCUT2D eigenvalue weighted by molar-refractivity contribution is 6.30. The Balaban J connectivity index is 2.26. The monoisotopic (exact) mass is 324 g/mol. The lowest BCUT2D eigenvalue weighted by atomic mass is 9.62. The number of anilines is 1. The van der Waals surface area contributed by atoms with Gasteiger partial charge < -0.3 is 10.5 Å². The predicted octanol–water partition coefficient (Wildman–Crippen LogP) is 4.46. The van der Waals surface area contributed by atoms with Gasteiger partial charge in [-0.2, -0.15) is 0 Å². The van der Waals surface area contributed by atoms with Crippen LogP contribution in [0.25, 0.3) is 0 Å². The van der Waals surface area contributed by atoms with Crippen LogP contribution in [0.4, 0.5) is 10.5 Å². The minimum absolute atomic E-state index is 0.0317. The van der Waals surface area contributed by atoms with E-state index in [2.05, 4.69) is 5.32 Å². The highest BCUT2D eigenvalue weighted by atomic mass is 35.5. The molecule has 0 atom stereocenters. The Bertz CT molecular complexity index is 548. The number of benzene rings is 1. The zero-order valence-corrected chi connectivity index (χ0v) is 14.3. The molecule has 0 spiro atoms. The Morgan fingerprint density at radius 3 is 2.59 bits per heavy atom. The number of ether oxygens (including phenoxy) is 1. The summed E-state index contributed by atoms with van der Waals surface area (Å²) in [6.07, 6.45) is 3.79. The van der Waals surface area contributed by atoms with E-state index in [1.54, 1.807) is 6.07 Å². The molecule has 122 valence electrons. The van der Waals surface area contributed by atoms with E-state index >= 15 is 0 Å². The number of hydrogen-bond donors (Lipinski definition) is 2. The highest BCUT2D eigenvalue weighted by Crippen LogP contribution is 2.49. The minimum Gasteiger partial charge on any atom is -0.444 e. The molecule has 1 amide bonds. The van der Waals surface area contributed by atoms with Gasteiger partial charge in [-0.1, -0.05) is 18.0 Å². The van der Waals surface area contributed by atoms with E-state index < -0.39 is 11.7 Å². The van der Waals surface area contributed by atoms with Crippen LogP contribution in [0.15, 0.2) is 18.2 Å². The first-order valence-electron chi connectivity index (χ1n) is 7.76. The third-order valence-electron chi connectivity index (χ3n) is 4.12. The molecule has 0 unspecified atom stereocenters. The number of carbonyl (C=O) groups is 1. The molecule has 1 saturated carbocycles. The van der Waals surface area contributed by atoms with Gasteiger partial charge in [0.2, 0.25) is 0 Å². The van der Waals surface area contributed by atoms with Crippen LogP contribution in [0.5, 0.6) is 0 Å². The number of carbonyl (C=O) groups excluding carboxylic acids is 1. The van der Waals surface area contributed by atoms with Gasteiger partial charge in [0.15, 0.2) is 0 Å². The van der Waals surface area contributed by atoms with Crippen LogP contribution in [-0.4, -0.2) is 18.2 Å². The van der Waals surface area contributed by atoms with E-state index in [1.165, 1.54) is 6.42 Å². The molecule has 1 aromatic carbocycles. The van der Waals surface area contributed by atoms with Crippen molar-refractivity contribution in [2.75, 3.05) is 11.9 Å². The maximum atomic E-state index is 12.1. The SMILES string of the molecule is CC(C)(C)OC(=O)Nc1ccc(Cl)cc1C1(CCN)CCC1. The van der Waals surface area contributed by atoms with Gasteiger partial charge >= 0.3 is 6.09 Å². The first-order valence-corrected chi connectivity index (χ1v) is 8.14. The maximum Gasteiger partial charge on any atom is 0.412 e. The van der Waals surface area contributed by atoms with Gasteiger partial charge in [-0.25, -0.2) is 4.79 Å². The molecule has 22 heavy (non-hydrogen) atoms. The number of nitrogens with two attached hydrogens (primary N) is 1. The number of amides is 1. The zero-order chi connectivity index (χ0) is 16.4. The summed E-state index contributed by atoms with van der Waals surface area (Å²) in [5, 5.41) is 3.54. The molecule has 0 saturated heterocycles. The standard InChI is InChI=1S/C17H25ClN2O2/c1-16(2,3)22-15(21)20-14-6-5-12(18)11-13(14)17(9-10-19)7-4-8-17/h5-6,11H,4,7-10,19H2,1-3H3,(H,20,21). The lowest BCUT2D eigenvalue weighted by Gasteiger charge is -2.43. The van der Waals surface area contributed by atoms with Crippen molar-refractivity contribution in [1.29, 1.82) is 0 Å². The minimum atomic E-state index is -0.526. The van der Waals surface area contributed by atoms with Crippen LogP contribution in [0.1, 0.15) is 52.0 Å². The van der Waals surface area contributed by atoms with Gasteiger partial charge in [-0.3, -0.25) is 5.32 Å². The number of hydrogen-bond acceptors (Lipinski definition) is 3. The Labute approximate surface area is 137 Å².